The number of piperazine rings is 1. The minimum absolute atomic E-state index is 0.0355. The summed E-state index contributed by atoms with van der Waals surface area (Å²) < 4.78 is 36.2. The highest BCUT2D eigenvalue weighted by atomic mass is 35.5. The molecule has 0 bridgehead atoms. The maximum absolute atomic E-state index is 14.1. The summed E-state index contributed by atoms with van der Waals surface area (Å²) in [4.78, 5) is 40.4. The number of anilines is 2. The Morgan fingerprint density at radius 3 is 2.46 bits per heavy atom. The number of hydrogen-bond donors (Lipinski definition) is 4. The van der Waals surface area contributed by atoms with Crippen molar-refractivity contribution in [2.75, 3.05) is 49.5 Å². The largest absolute Gasteiger partial charge is 0.455 e. The number of nitrogens with zero attached hydrogens (tertiary/aromatic N) is 5. The van der Waals surface area contributed by atoms with Crippen LogP contribution in [0.2, 0.25) is 10.0 Å². The van der Waals surface area contributed by atoms with E-state index in [0.29, 0.717) is 52.8 Å². The lowest BCUT2D eigenvalue weighted by Crippen LogP contribution is -2.60. The quantitative estimate of drug-likeness (QED) is 0.0564. The Morgan fingerprint density at radius 2 is 1.72 bits per heavy atom. The van der Waals surface area contributed by atoms with Crippen molar-refractivity contribution in [3.63, 3.8) is 0 Å². The third-order valence-corrected chi connectivity index (χ3v) is 18.2. The molecule has 18 heteroatoms. The molecule has 1 unspecified atom stereocenters. The van der Waals surface area contributed by atoms with Crippen LogP contribution in [0, 0.1) is 21.4 Å². The van der Waals surface area contributed by atoms with Crippen molar-refractivity contribution in [1.29, 1.82) is 0 Å². The summed E-state index contributed by atoms with van der Waals surface area (Å²) in [6, 6.07) is 27.9. The fourth-order valence-electron chi connectivity index (χ4n) is 11.8. The molecule has 390 valence electrons. The molecule has 4 aliphatic rings. The second-order valence-electron chi connectivity index (χ2n) is 21.6. The first-order chi connectivity index (χ1) is 35.4. The molecule has 2 saturated heterocycles. The summed E-state index contributed by atoms with van der Waals surface area (Å²) in [6.45, 7) is 12.0. The Kier molecular flexibility index (Phi) is 14.8. The Hall–Kier alpha value is -5.75. The molecule has 4 N–H and O–H groups in total. The Morgan fingerprint density at radius 1 is 0.946 bits per heavy atom. The van der Waals surface area contributed by atoms with E-state index in [2.05, 4.69) is 78.9 Å². The van der Waals surface area contributed by atoms with Gasteiger partial charge in [-0.1, -0.05) is 67.4 Å². The minimum Gasteiger partial charge on any atom is -0.455 e. The Bertz CT molecular complexity index is 3160. The van der Waals surface area contributed by atoms with Gasteiger partial charge in [0.15, 0.2) is 0 Å². The van der Waals surface area contributed by atoms with Crippen molar-refractivity contribution in [3.05, 3.63) is 146 Å². The molecule has 1 atom stereocenters. The molecule has 2 aliphatic carbocycles. The number of ether oxygens (including phenoxy) is 1. The van der Waals surface area contributed by atoms with Gasteiger partial charge in [-0.05, 0) is 141 Å². The summed E-state index contributed by atoms with van der Waals surface area (Å²) in [5, 5.41) is 27.6. The number of H-pyrrole nitrogens is 1. The zero-order valence-electron chi connectivity index (χ0n) is 42.0. The van der Waals surface area contributed by atoms with E-state index in [0.717, 1.165) is 100 Å². The lowest BCUT2D eigenvalue weighted by Gasteiger charge is -2.58. The minimum atomic E-state index is -4.59. The van der Waals surface area contributed by atoms with Crippen LogP contribution >= 0.6 is 23.2 Å². The second kappa shape index (κ2) is 21.1. The van der Waals surface area contributed by atoms with Crippen molar-refractivity contribution < 1.29 is 28.0 Å². The number of rotatable bonds is 15. The number of aliphatic hydroxyl groups is 1. The molecule has 6 aromatic rings. The smallest absolute Gasteiger partial charge is 0.293 e. The average molecular weight is 1060 g/mol. The number of fused-ring (bicyclic) bond motifs is 1. The van der Waals surface area contributed by atoms with Crippen LogP contribution in [0.25, 0.3) is 11.0 Å². The number of nitrogens with one attached hydrogen (secondary N) is 3. The molecule has 74 heavy (non-hydrogen) atoms. The van der Waals surface area contributed by atoms with Crippen LogP contribution < -0.4 is 19.7 Å². The number of piperidine rings is 1. The molecule has 10 rings (SSSR count). The van der Waals surface area contributed by atoms with Crippen molar-refractivity contribution in [1.82, 2.24) is 24.5 Å². The maximum atomic E-state index is 14.1. The molecule has 4 heterocycles. The summed E-state index contributed by atoms with van der Waals surface area (Å²) >= 11 is 12.7. The monoisotopic (exact) mass is 1060 g/mol. The number of aromatic nitrogens is 2. The first-order valence-electron chi connectivity index (χ1n) is 25.7. The lowest BCUT2D eigenvalue weighted by atomic mass is 9.59. The molecule has 2 aromatic heterocycles. The number of carbonyl (C=O) groups excluding carboxylic acids is 1. The maximum Gasteiger partial charge on any atom is 0.293 e. The number of amides is 1. The van der Waals surface area contributed by atoms with Crippen molar-refractivity contribution in [2.45, 2.75) is 107 Å². The molecule has 2 aliphatic heterocycles. The highest BCUT2D eigenvalue weighted by Gasteiger charge is 2.50. The highest BCUT2D eigenvalue weighted by Crippen LogP contribution is 2.53. The molecule has 2 saturated carbocycles. The number of aromatic amines is 1. The first kappa shape index (κ1) is 51.7. The molecule has 1 amide bonds. The van der Waals surface area contributed by atoms with E-state index in [1.165, 1.54) is 29.5 Å². The van der Waals surface area contributed by atoms with E-state index in [1.807, 2.05) is 31.2 Å². The zero-order valence-corrected chi connectivity index (χ0v) is 44.4. The van der Waals surface area contributed by atoms with Crippen molar-refractivity contribution >= 4 is 67.2 Å². The number of pyridine rings is 1. The average Bonchev–Trinajstić information content (AvgIpc) is 3.84. The summed E-state index contributed by atoms with van der Waals surface area (Å²) in [5.74, 6) is 0.126. The third kappa shape index (κ3) is 11.3. The summed E-state index contributed by atoms with van der Waals surface area (Å²) in [7, 11) is -4.59. The van der Waals surface area contributed by atoms with Gasteiger partial charge in [-0.25, -0.2) is 18.1 Å². The van der Waals surface area contributed by atoms with Gasteiger partial charge in [0.25, 0.3) is 21.6 Å². The summed E-state index contributed by atoms with van der Waals surface area (Å²) in [6.07, 6.45) is 10.3. The third-order valence-electron chi connectivity index (χ3n) is 16.1. The number of halogens is 2. The van der Waals surface area contributed by atoms with Crippen LogP contribution in [0.5, 0.6) is 11.5 Å². The van der Waals surface area contributed by atoms with E-state index >= 15 is 0 Å². The van der Waals surface area contributed by atoms with E-state index in [4.69, 9.17) is 27.9 Å². The fourth-order valence-corrected chi connectivity index (χ4v) is 13.1. The number of sulfonamides is 1. The van der Waals surface area contributed by atoms with Crippen LogP contribution in [-0.2, 0) is 16.6 Å². The molecular weight excluding hydrogens is 1000 g/mol. The zero-order chi connectivity index (χ0) is 51.9. The van der Waals surface area contributed by atoms with Crippen molar-refractivity contribution in [3.8, 4) is 11.5 Å². The van der Waals surface area contributed by atoms with Gasteiger partial charge in [0.05, 0.1) is 37.2 Å². The topological polar surface area (TPSA) is 186 Å². The van der Waals surface area contributed by atoms with E-state index < -0.39 is 37.0 Å². The van der Waals surface area contributed by atoms with Crippen LogP contribution in [0.4, 0.5) is 17.1 Å². The van der Waals surface area contributed by atoms with Gasteiger partial charge < -0.3 is 25.0 Å². The predicted octanol–water partition coefficient (Wildman–Crippen LogP) is 11.5. The summed E-state index contributed by atoms with van der Waals surface area (Å²) in [5.41, 5.74) is 4.65. The SMILES string of the molecule is CC(C)c1ccccc1C1CN(Cc2ccc(Cl)c(Cl)c2)CCN1C1CC2(CCN(c3ccc(C(=O)NS(=O)(=O)c4ccc(NC[C@H]5CC[C@](C)(O)CC5)c([N+](=O)[O-])c4)c(Oc4cnc5[nH]ccc5c4)c3)CC2)C1. The van der Waals surface area contributed by atoms with Crippen LogP contribution in [0.3, 0.4) is 0 Å². The molecule has 0 radical (unpaired) electrons. The van der Waals surface area contributed by atoms with Gasteiger partial charge >= 0.3 is 0 Å². The van der Waals surface area contributed by atoms with Crippen molar-refractivity contribution in [2.24, 2.45) is 11.3 Å². The van der Waals surface area contributed by atoms with E-state index in [9.17, 15) is 28.4 Å². The molecule has 15 nitrogen and oxygen atoms in total. The lowest BCUT2D eigenvalue weighted by molar-refractivity contribution is -0.384. The van der Waals surface area contributed by atoms with Gasteiger partial charge in [0, 0.05) is 87.3 Å². The second-order valence-corrected chi connectivity index (χ2v) is 24.1. The van der Waals surface area contributed by atoms with Crippen LogP contribution in [0.1, 0.15) is 111 Å². The van der Waals surface area contributed by atoms with Gasteiger partial charge in [-0.15, -0.1) is 0 Å². The number of hydrogen-bond acceptors (Lipinski definition) is 12. The molecular formula is C56H64Cl2N8O7S. The van der Waals surface area contributed by atoms with E-state index in [-0.39, 0.29) is 34.4 Å². The van der Waals surface area contributed by atoms with Gasteiger partial charge in [0.2, 0.25) is 0 Å². The van der Waals surface area contributed by atoms with E-state index in [1.54, 1.807) is 24.4 Å². The normalized spacial score (nSPS) is 21.7. The molecule has 4 aromatic carbocycles. The first-order valence-corrected chi connectivity index (χ1v) is 28.0. The van der Waals surface area contributed by atoms with Gasteiger partial charge in [-0.2, -0.15) is 0 Å². The highest BCUT2D eigenvalue weighted by molar-refractivity contribution is 7.90. The number of nitro benzene ring substituents is 1. The molecule has 1 spiro atoms. The van der Waals surface area contributed by atoms with Gasteiger partial charge in [0.1, 0.15) is 22.8 Å². The fraction of sp³-hybridized carbons (Fsp3) is 0.429. The Balaban J connectivity index is 0.832. The van der Waals surface area contributed by atoms with Gasteiger partial charge in [-0.3, -0.25) is 24.7 Å². The van der Waals surface area contributed by atoms with Crippen LogP contribution in [-0.4, -0.2) is 95.0 Å². The van der Waals surface area contributed by atoms with Crippen LogP contribution in [0.15, 0.2) is 108 Å². The number of nitro groups is 1. The number of benzene rings is 4. The Labute approximate surface area is 442 Å². The number of carbonyl (C=O) groups is 1. The molecule has 4 fully saturated rings. The standard InChI is InChI=1S/C56H64Cl2N8O7S/c1-36(2)44-6-4-5-7-45(44)51-35-63(34-38-8-12-47(57)48(58)26-38)24-25-65(51)41-30-56(31-41)19-22-64(23-20-56)40-9-11-46(52(28-40)73-42-27-39-16-21-59-53(39)61-33-42)54(67)62-74(71,72)43-10-13-49(50(29-43)66(69)70)60-32-37-14-17-55(3,68)18-15-37/h4-13,16,21,26-29,33,36-37,41,51,60,68H,14-15,17-20,22-25,30-32,34-35H2,1-3H3,(H,59,61)(H,62,67)/t37-,51?,55-. The predicted molar refractivity (Wildman–Crippen MR) is 290 cm³/mol.